The molecule has 0 fully saturated rings. The molecule has 2 rings (SSSR count). The molecular weight excluding hydrogens is 198 g/mol. The molecular formula is C14H15NO. The molecule has 1 heterocycles. The van der Waals surface area contributed by atoms with Gasteiger partial charge in [-0.3, -0.25) is 4.99 Å². The fraction of sp³-hybridized carbons (Fsp3) is 0.214. The Labute approximate surface area is 95.6 Å². The topological polar surface area (TPSA) is 25.5 Å². The lowest BCUT2D eigenvalue weighted by Gasteiger charge is -1.94. The molecule has 1 aromatic carbocycles. The van der Waals surface area contributed by atoms with Crippen molar-refractivity contribution in [3.63, 3.8) is 0 Å². The summed E-state index contributed by atoms with van der Waals surface area (Å²) in [5.41, 5.74) is 3.23. The van der Waals surface area contributed by atoms with Gasteiger partial charge in [0.2, 0.25) is 0 Å². The van der Waals surface area contributed by atoms with E-state index in [4.69, 9.17) is 4.42 Å². The second kappa shape index (κ2) is 4.35. The summed E-state index contributed by atoms with van der Waals surface area (Å²) in [6, 6.07) is 10.1. The van der Waals surface area contributed by atoms with E-state index in [1.54, 1.807) is 0 Å². The molecule has 82 valence electrons. The zero-order chi connectivity index (χ0) is 11.5. The van der Waals surface area contributed by atoms with E-state index in [0.29, 0.717) is 0 Å². The van der Waals surface area contributed by atoms with Gasteiger partial charge >= 0.3 is 0 Å². The first-order valence-electron chi connectivity index (χ1n) is 5.33. The van der Waals surface area contributed by atoms with Gasteiger partial charge in [0.15, 0.2) is 0 Å². The number of nitrogens with zero attached hydrogens (tertiary/aromatic N) is 1. The number of rotatable bonds is 2. The highest BCUT2D eigenvalue weighted by atomic mass is 16.3. The number of hydrogen-bond acceptors (Lipinski definition) is 2. The van der Waals surface area contributed by atoms with Crippen LogP contribution in [0.3, 0.4) is 0 Å². The van der Waals surface area contributed by atoms with Gasteiger partial charge in [-0.2, -0.15) is 0 Å². The number of aliphatic imine (C=N–C) groups is 1. The molecule has 2 heteroatoms. The maximum absolute atomic E-state index is 5.44. The molecule has 0 aliphatic heterocycles. The van der Waals surface area contributed by atoms with Gasteiger partial charge in [-0.05, 0) is 44.5 Å². The third kappa shape index (κ3) is 2.40. The second-order valence-corrected chi connectivity index (χ2v) is 3.97. The lowest BCUT2D eigenvalue weighted by Crippen LogP contribution is -1.79. The Hall–Kier alpha value is -1.83. The van der Waals surface area contributed by atoms with Crippen LogP contribution in [-0.2, 0) is 0 Å². The summed E-state index contributed by atoms with van der Waals surface area (Å²) in [5.74, 6) is 1.83. The average Bonchev–Trinajstić information content (AvgIpc) is 2.54. The number of furan rings is 1. The molecule has 1 aromatic heterocycles. The van der Waals surface area contributed by atoms with Crippen LogP contribution < -0.4 is 0 Å². The molecule has 0 aliphatic carbocycles. The summed E-state index contributed by atoms with van der Waals surface area (Å²) >= 11 is 0. The van der Waals surface area contributed by atoms with E-state index >= 15 is 0 Å². The molecule has 0 atom stereocenters. The highest BCUT2D eigenvalue weighted by Gasteiger charge is 2.00. The summed E-state index contributed by atoms with van der Waals surface area (Å²) in [5, 5.41) is 0. The van der Waals surface area contributed by atoms with E-state index in [-0.39, 0.29) is 0 Å². The van der Waals surface area contributed by atoms with Crippen LogP contribution in [0.25, 0.3) is 0 Å². The summed E-state index contributed by atoms with van der Waals surface area (Å²) in [6.07, 6.45) is 1.85. The largest absolute Gasteiger partial charge is 0.466 e. The number of hydrogen-bond donors (Lipinski definition) is 0. The lowest BCUT2D eigenvalue weighted by molar-refractivity contribution is 0.504. The molecule has 16 heavy (non-hydrogen) atoms. The molecule has 2 aromatic rings. The van der Waals surface area contributed by atoms with Crippen LogP contribution in [0.5, 0.6) is 0 Å². The third-order valence-corrected chi connectivity index (χ3v) is 2.43. The summed E-state index contributed by atoms with van der Waals surface area (Å²) in [6.45, 7) is 5.95. The van der Waals surface area contributed by atoms with E-state index in [9.17, 15) is 0 Å². The second-order valence-electron chi connectivity index (χ2n) is 3.97. The van der Waals surface area contributed by atoms with Crippen molar-refractivity contribution in [3.8, 4) is 0 Å². The van der Waals surface area contributed by atoms with Crippen LogP contribution in [0, 0.1) is 20.8 Å². The van der Waals surface area contributed by atoms with E-state index in [0.717, 1.165) is 22.8 Å². The van der Waals surface area contributed by atoms with Crippen molar-refractivity contribution in [3.05, 3.63) is 53.0 Å². The van der Waals surface area contributed by atoms with Crippen LogP contribution in [0.2, 0.25) is 0 Å². The van der Waals surface area contributed by atoms with Gasteiger partial charge in [0.05, 0.1) is 5.69 Å². The van der Waals surface area contributed by atoms with Gasteiger partial charge in [0.25, 0.3) is 0 Å². The fourth-order valence-corrected chi connectivity index (χ4v) is 1.63. The predicted molar refractivity (Wildman–Crippen MR) is 66.6 cm³/mol. The monoisotopic (exact) mass is 213 g/mol. The van der Waals surface area contributed by atoms with Gasteiger partial charge in [-0.15, -0.1) is 0 Å². The van der Waals surface area contributed by atoms with Gasteiger partial charge in [-0.25, -0.2) is 0 Å². The Balaban J connectivity index is 2.24. The van der Waals surface area contributed by atoms with E-state index in [2.05, 4.69) is 24.0 Å². The standard InChI is InChI=1S/C14H15NO/c1-10-5-4-6-14(7-10)15-9-13-8-11(2)16-12(13)3/h4-9H,1-3H3. The van der Waals surface area contributed by atoms with Crippen LogP contribution in [-0.4, -0.2) is 6.21 Å². The molecule has 0 spiro atoms. The van der Waals surface area contributed by atoms with Crippen molar-refractivity contribution in [1.29, 1.82) is 0 Å². The maximum Gasteiger partial charge on any atom is 0.109 e. The third-order valence-electron chi connectivity index (χ3n) is 2.43. The highest BCUT2D eigenvalue weighted by Crippen LogP contribution is 2.16. The van der Waals surface area contributed by atoms with Crippen LogP contribution >= 0.6 is 0 Å². The number of benzene rings is 1. The lowest BCUT2D eigenvalue weighted by atomic mass is 10.2. The zero-order valence-electron chi connectivity index (χ0n) is 9.82. The first-order chi connectivity index (χ1) is 7.65. The first kappa shape index (κ1) is 10.7. The number of aryl methyl sites for hydroxylation is 3. The zero-order valence-corrected chi connectivity index (χ0v) is 9.82. The van der Waals surface area contributed by atoms with Gasteiger partial charge in [0.1, 0.15) is 11.5 Å². The molecule has 0 amide bonds. The summed E-state index contributed by atoms with van der Waals surface area (Å²) in [7, 11) is 0. The first-order valence-corrected chi connectivity index (χ1v) is 5.33. The van der Waals surface area contributed by atoms with E-state index < -0.39 is 0 Å². The van der Waals surface area contributed by atoms with E-state index in [1.165, 1.54) is 5.56 Å². The maximum atomic E-state index is 5.44. The molecule has 0 N–H and O–H groups in total. The van der Waals surface area contributed by atoms with Crippen molar-refractivity contribution in [2.45, 2.75) is 20.8 Å². The molecule has 0 bridgehead atoms. The molecule has 0 unspecified atom stereocenters. The molecule has 0 aliphatic rings. The van der Waals surface area contributed by atoms with Crippen LogP contribution in [0.4, 0.5) is 5.69 Å². The average molecular weight is 213 g/mol. The van der Waals surface area contributed by atoms with Crippen molar-refractivity contribution in [2.75, 3.05) is 0 Å². The van der Waals surface area contributed by atoms with Crippen molar-refractivity contribution < 1.29 is 4.42 Å². The normalized spacial score (nSPS) is 11.2. The van der Waals surface area contributed by atoms with Crippen LogP contribution in [0.15, 0.2) is 39.7 Å². The minimum Gasteiger partial charge on any atom is -0.466 e. The molecule has 0 saturated heterocycles. The summed E-state index contributed by atoms with van der Waals surface area (Å²) < 4.78 is 5.44. The molecule has 2 nitrogen and oxygen atoms in total. The predicted octanol–water partition coefficient (Wildman–Crippen LogP) is 3.96. The smallest absolute Gasteiger partial charge is 0.109 e. The van der Waals surface area contributed by atoms with Crippen LogP contribution in [0.1, 0.15) is 22.6 Å². The van der Waals surface area contributed by atoms with E-state index in [1.807, 2.05) is 38.3 Å². The van der Waals surface area contributed by atoms with Crippen molar-refractivity contribution >= 4 is 11.9 Å². The Morgan fingerprint density at radius 3 is 2.56 bits per heavy atom. The Morgan fingerprint density at radius 2 is 1.94 bits per heavy atom. The van der Waals surface area contributed by atoms with Crippen molar-refractivity contribution in [2.24, 2.45) is 4.99 Å². The quantitative estimate of drug-likeness (QED) is 0.693. The minimum atomic E-state index is 0.911. The fourth-order valence-electron chi connectivity index (χ4n) is 1.63. The van der Waals surface area contributed by atoms with Gasteiger partial charge in [0, 0.05) is 11.8 Å². The molecule has 0 saturated carbocycles. The Morgan fingerprint density at radius 1 is 1.12 bits per heavy atom. The Kier molecular flexibility index (Phi) is 2.91. The van der Waals surface area contributed by atoms with Crippen molar-refractivity contribution in [1.82, 2.24) is 0 Å². The minimum absolute atomic E-state index is 0.911. The van der Waals surface area contributed by atoms with Gasteiger partial charge < -0.3 is 4.42 Å². The van der Waals surface area contributed by atoms with Gasteiger partial charge in [-0.1, -0.05) is 12.1 Å². The SMILES string of the molecule is Cc1cccc(N=Cc2cc(C)oc2C)c1. The summed E-state index contributed by atoms with van der Waals surface area (Å²) in [4.78, 5) is 4.43. The highest BCUT2D eigenvalue weighted by molar-refractivity contribution is 5.83. The molecule has 0 radical (unpaired) electrons. The Bertz CT molecular complexity index is 523.